The van der Waals surface area contributed by atoms with E-state index >= 15 is 0 Å². The van der Waals surface area contributed by atoms with Crippen LogP contribution >= 0.6 is 0 Å². The van der Waals surface area contributed by atoms with Gasteiger partial charge < -0.3 is 38.6 Å². The monoisotopic (exact) mass is 979 g/mol. The van der Waals surface area contributed by atoms with Crippen LogP contribution in [0.25, 0.3) is 22.3 Å². The summed E-state index contributed by atoms with van der Waals surface area (Å²) in [5.74, 6) is 1.82. The number of hydrogen-bond acceptors (Lipinski definition) is 10. The highest BCUT2D eigenvalue weighted by molar-refractivity contribution is 5.66. The predicted octanol–water partition coefficient (Wildman–Crippen LogP) is 16.0. The fraction of sp³-hybridized carbons (Fsp3) is 0.574. The van der Waals surface area contributed by atoms with Gasteiger partial charge in [-0.1, -0.05) is 171 Å². The Balaban J connectivity index is 0.000000264. The first-order valence-corrected chi connectivity index (χ1v) is 27.4. The van der Waals surface area contributed by atoms with E-state index in [1.165, 1.54) is 64.2 Å². The Morgan fingerprint density at radius 1 is 0.408 bits per heavy atom. The van der Waals surface area contributed by atoms with E-state index in [2.05, 4.69) is 62.4 Å². The first-order valence-electron chi connectivity index (χ1n) is 27.4. The Bertz CT molecular complexity index is 2050. The van der Waals surface area contributed by atoms with Crippen molar-refractivity contribution in [2.45, 2.75) is 199 Å². The molecule has 2 aliphatic carbocycles. The molecular weight excluding hydrogens is 893 g/mol. The number of benzene rings is 4. The average molecular weight is 979 g/mol. The van der Waals surface area contributed by atoms with Gasteiger partial charge in [-0.25, -0.2) is 9.59 Å². The quantitative estimate of drug-likeness (QED) is 0.0440. The highest BCUT2D eigenvalue weighted by Gasteiger charge is 2.37. The van der Waals surface area contributed by atoms with Gasteiger partial charge in [-0.05, 0) is 135 Å². The molecule has 6 rings (SSSR count). The summed E-state index contributed by atoms with van der Waals surface area (Å²) in [5.41, 5.74) is 4.50. The Morgan fingerprint density at radius 3 is 1.08 bits per heavy atom. The summed E-state index contributed by atoms with van der Waals surface area (Å²) in [4.78, 5) is 23.5. The second-order valence-corrected chi connectivity index (χ2v) is 19.7. The molecular formula is C61H86O10. The Labute approximate surface area is 426 Å². The predicted molar refractivity (Wildman–Crippen MR) is 284 cm³/mol. The molecule has 2 aliphatic rings. The van der Waals surface area contributed by atoms with Gasteiger partial charge in [0.15, 0.2) is 0 Å². The second kappa shape index (κ2) is 31.4. The second-order valence-electron chi connectivity index (χ2n) is 19.7. The highest BCUT2D eigenvalue weighted by Crippen LogP contribution is 2.40. The van der Waals surface area contributed by atoms with E-state index in [1.807, 2.05) is 62.4 Å². The van der Waals surface area contributed by atoms with E-state index in [0.717, 1.165) is 90.2 Å². The molecule has 4 aromatic carbocycles. The van der Waals surface area contributed by atoms with Crippen molar-refractivity contribution in [2.24, 2.45) is 0 Å². The third-order valence-corrected chi connectivity index (χ3v) is 13.9. The van der Waals surface area contributed by atoms with E-state index in [4.69, 9.17) is 28.4 Å². The van der Waals surface area contributed by atoms with Crippen LogP contribution in [0.15, 0.2) is 97.1 Å². The number of hydrogen-bond donors (Lipinski definition) is 2. The lowest BCUT2D eigenvalue weighted by Crippen LogP contribution is -2.35. The van der Waals surface area contributed by atoms with Crippen LogP contribution in [0, 0.1) is 0 Å². The van der Waals surface area contributed by atoms with Gasteiger partial charge in [-0.2, -0.15) is 0 Å². The molecule has 2 saturated carbocycles. The van der Waals surface area contributed by atoms with Crippen molar-refractivity contribution in [3.63, 3.8) is 0 Å². The third-order valence-electron chi connectivity index (χ3n) is 13.9. The average Bonchev–Trinajstić information content (AvgIpc) is 3.40. The highest BCUT2D eigenvalue weighted by atomic mass is 16.7. The standard InChI is InChI=1S/C31H44O5.C30H42O5/c1-3-5-7-8-9-10-24-34-28-17-13-26(14-18-28)25-11-15-27(16-12-25)31(33)21-19-29(20-22-31)36-30(32)35-23-6-4-2;1-3-5-6-7-8-9-23-33-27-16-12-25(13-17-27)24-10-14-26(15-11-24)30(32)20-18-28(19-21-30)35-29(31)34-22-4-2/h11-18,29,33H,3-10,19-24H2,1-2H3;10-17,28,32H,3-9,18-23H2,1-2H3. The SMILES string of the molecule is CCCCCCCCOc1ccc(-c2ccc(C3(O)CCC(OC(=O)OCCC)CC3)cc2)cc1.CCCCCCCCOc1ccc(-c2ccc(C3(O)CCC(OC(=O)OCCCC)CC3)cc2)cc1. The summed E-state index contributed by atoms with van der Waals surface area (Å²) in [6, 6.07) is 32.7. The molecule has 0 aromatic heterocycles. The maximum absolute atomic E-state index is 11.8. The molecule has 390 valence electrons. The van der Waals surface area contributed by atoms with Crippen LogP contribution in [0.2, 0.25) is 0 Å². The van der Waals surface area contributed by atoms with Gasteiger partial charge in [0.05, 0.1) is 37.6 Å². The molecule has 0 heterocycles. The third kappa shape index (κ3) is 19.8. The number of rotatable bonds is 27. The van der Waals surface area contributed by atoms with Crippen LogP contribution in [-0.4, -0.2) is 61.2 Å². The molecule has 0 spiro atoms. The minimum absolute atomic E-state index is 0.194. The smallest absolute Gasteiger partial charge is 0.494 e. The molecule has 0 amide bonds. The van der Waals surface area contributed by atoms with Crippen molar-refractivity contribution in [1.29, 1.82) is 0 Å². The molecule has 10 nitrogen and oxygen atoms in total. The van der Waals surface area contributed by atoms with E-state index in [1.54, 1.807) is 0 Å². The van der Waals surface area contributed by atoms with Gasteiger partial charge in [0.25, 0.3) is 0 Å². The molecule has 0 radical (unpaired) electrons. The maximum Gasteiger partial charge on any atom is 0.508 e. The maximum atomic E-state index is 11.8. The van der Waals surface area contributed by atoms with Crippen LogP contribution in [-0.2, 0) is 30.1 Å². The molecule has 0 atom stereocenters. The van der Waals surface area contributed by atoms with Gasteiger partial charge in [0.2, 0.25) is 0 Å². The lowest BCUT2D eigenvalue weighted by atomic mass is 9.78. The zero-order chi connectivity index (χ0) is 50.6. The fourth-order valence-electron chi connectivity index (χ4n) is 9.35. The van der Waals surface area contributed by atoms with Crippen LogP contribution in [0.5, 0.6) is 11.5 Å². The summed E-state index contributed by atoms with van der Waals surface area (Å²) < 4.78 is 32.7. The molecule has 0 saturated heterocycles. The van der Waals surface area contributed by atoms with E-state index in [0.29, 0.717) is 64.6 Å². The Kier molecular flexibility index (Phi) is 25.1. The number of carbonyl (C=O) groups is 2. The van der Waals surface area contributed by atoms with Gasteiger partial charge in [0, 0.05) is 0 Å². The fourth-order valence-corrected chi connectivity index (χ4v) is 9.35. The van der Waals surface area contributed by atoms with Gasteiger partial charge in [0.1, 0.15) is 23.7 Å². The summed E-state index contributed by atoms with van der Waals surface area (Å²) in [5, 5.41) is 22.4. The Hall–Kier alpha value is -5.06. The lowest BCUT2D eigenvalue weighted by molar-refractivity contribution is -0.0537. The first kappa shape index (κ1) is 56.8. The zero-order valence-corrected chi connectivity index (χ0v) is 43.6. The summed E-state index contributed by atoms with van der Waals surface area (Å²) in [6.45, 7) is 10.8. The summed E-state index contributed by atoms with van der Waals surface area (Å²) in [6.07, 6.45) is 20.9. The van der Waals surface area contributed by atoms with Crippen LogP contribution in [0.4, 0.5) is 9.59 Å². The number of aliphatic hydroxyl groups is 2. The first-order chi connectivity index (χ1) is 34.6. The molecule has 0 aliphatic heterocycles. The van der Waals surface area contributed by atoms with Crippen molar-refractivity contribution in [3.05, 3.63) is 108 Å². The summed E-state index contributed by atoms with van der Waals surface area (Å²) in [7, 11) is 0. The topological polar surface area (TPSA) is 130 Å². The number of carbonyl (C=O) groups excluding carboxylic acids is 2. The van der Waals surface area contributed by atoms with Crippen LogP contribution in [0.3, 0.4) is 0 Å². The summed E-state index contributed by atoms with van der Waals surface area (Å²) >= 11 is 0. The molecule has 0 unspecified atom stereocenters. The van der Waals surface area contributed by atoms with Crippen molar-refractivity contribution < 1.29 is 48.2 Å². The van der Waals surface area contributed by atoms with Gasteiger partial charge >= 0.3 is 12.3 Å². The molecule has 10 heteroatoms. The van der Waals surface area contributed by atoms with Gasteiger partial charge in [-0.15, -0.1) is 0 Å². The van der Waals surface area contributed by atoms with Gasteiger partial charge in [-0.3, -0.25) is 0 Å². The molecule has 0 bridgehead atoms. The normalized spacial score (nSPS) is 19.7. The lowest BCUT2D eigenvalue weighted by Gasteiger charge is -2.36. The molecule has 2 fully saturated rings. The molecule has 2 N–H and O–H groups in total. The largest absolute Gasteiger partial charge is 0.508 e. The molecule has 4 aromatic rings. The van der Waals surface area contributed by atoms with Crippen molar-refractivity contribution in [1.82, 2.24) is 0 Å². The van der Waals surface area contributed by atoms with Crippen molar-refractivity contribution in [3.8, 4) is 33.8 Å². The minimum atomic E-state index is -0.890. The van der Waals surface area contributed by atoms with E-state index < -0.39 is 23.5 Å². The van der Waals surface area contributed by atoms with E-state index in [-0.39, 0.29) is 12.2 Å². The van der Waals surface area contributed by atoms with Crippen LogP contribution in [0.1, 0.15) is 187 Å². The van der Waals surface area contributed by atoms with E-state index in [9.17, 15) is 19.8 Å². The zero-order valence-electron chi connectivity index (χ0n) is 43.6. The van der Waals surface area contributed by atoms with Crippen molar-refractivity contribution in [2.75, 3.05) is 26.4 Å². The van der Waals surface area contributed by atoms with Crippen molar-refractivity contribution >= 4 is 12.3 Å². The number of ether oxygens (including phenoxy) is 6. The van der Waals surface area contributed by atoms with Crippen LogP contribution < -0.4 is 9.47 Å². The number of unbranched alkanes of at least 4 members (excludes halogenated alkanes) is 11. The molecule has 71 heavy (non-hydrogen) atoms. The minimum Gasteiger partial charge on any atom is -0.494 e. The Morgan fingerprint density at radius 2 is 0.732 bits per heavy atom.